The number of ether oxygens (including phenoxy) is 1. The summed E-state index contributed by atoms with van der Waals surface area (Å²) in [7, 11) is 1.41. The molecule has 0 bridgehead atoms. The Morgan fingerprint density at radius 1 is 1.10 bits per heavy atom. The van der Waals surface area contributed by atoms with Crippen molar-refractivity contribution in [1.82, 2.24) is 0 Å². The third-order valence-corrected chi connectivity index (χ3v) is 4.06. The van der Waals surface area contributed by atoms with E-state index < -0.39 is 0 Å². The number of hydrogen-bond donors (Lipinski definition) is 0. The topological polar surface area (TPSA) is 29.5 Å². The number of para-hydroxylation sites is 1. The van der Waals surface area contributed by atoms with Gasteiger partial charge in [0, 0.05) is 12.2 Å². The number of nitrogens with zero attached hydrogens (tertiary/aromatic N) is 1. The van der Waals surface area contributed by atoms with Gasteiger partial charge in [0.1, 0.15) is 0 Å². The molecule has 1 atom stereocenters. The van der Waals surface area contributed by atoms with Gasteiger partial charge in [-0.2, -0.15) is 0 Å². The molecule has 0 aromatic heterocycles. The standard InChI is InChI=1S/C18H19NO2/c1-21-18(20)15-11-9-14(10-12-15)17-8-5-13-19(17)16-6-3-2-4-7-16/h2-4,6-7,9-12,17H,5,8,13H2,1H3. The fourth-order valence-electron chi connectivity index (χ4n) is 3.00. The van der Waals surface area contributed by atoms with Crippen LogP contribution in [0.5, 0.6) is 0 Å². The zero-order valence-corrected chi connectivity index (χ0v) is 12.2. The van der Waals surface area contributed by atoms with E-state index in [1.165, 1.54) is 24.8 Å². The zero-order valence-electron chi connectivity index (χ0n) is 12.2. The third-order valence-electron chi connectivity index (χ3n) is 4.06. The Bertz CT molecular complexity index is 607. The summed E-state index contributed by atoms with van der Waals surface area (Å²) in [6.45, 7) is 1.08. The predicted octanol–water partition coefficient (Wildman–Crippen LogP) is 3.81. The molecule has 1 aliphatic rings. The first-order valence-electron chi connectivity index (χ1n) is 7.29. The summed E-state index contributed by atoms with van der Waals surface area (Å²) < 4.78 is 4.74. The number of rotatable bonds is 3. The lowest BCUT2D eigenvalue weighted by Crippen LogP contribution is -2.22. The molecule has 2 aromatic carbocycles. The molecule has 0 N–H and O–H groups in total. The molecule has 21 heavy (non-hydrogen) atoms. The Morgan fingerprint density at radius 3 is 2.48 bits per heavy atom. The highest BCUT2D eigenvalue weighted by Gasteiger charge is 2.26. The first-order chi connectivity index (χ1) is 10.3. The molecule has 1 unspecified atom stereocenters. The van der Waals surface area contributed by atoms with Crippen molar-refractivity contribution < 1.29 is 9.53 Å². The van der Waals surface area contributed by atoms with Crippen LogP contribution >= 0.6 is 0 Å². The van der Waals surface area contributed by atoms with Gasteiger partial charge in [-0.1, -0.05) is 30.3 Å². The molecule has 3 nitrogen and oxygen atoms in total. The highest BCUT2D eigenvalue weighted by atomic mass is 16.5. The Morgan fingerprint density at radius 2 is 1.81 bits per heavy atom. The van der Waals surface area contributed by atoms with Gasteiger partial charge in [0.05, 0.1) is 18.7 Å². The summed E-state index contributed by atoms with van der Waals surface area (Å²) in [4.78, 5) is 13.9. The van der Waals surface area contributed by atoms with E-state index in [9.17, 15) is 4.79 Å². The third kappa shape index (κ3) is 2.77. The van der Waals surface area contributed by atoms with E-state index in [0.717, 1.165) is 13.0 Å². The van der Waals surface area contributed by atoms with Crippen molar-refractivity contribution in [2.75, 3.05) is 18.6 Å². The van der Waals surface area contributed by atoms with Gasteiger partial charge in [0.15, 0.2) is 0 Å². The molecule has 0 saturated carbocycles. The smallest absolute Gasteiger partial charge is 0.337 e. The minimum absolute atomic E-state index is 0.284. The summed E-state index contributed by atoms with van der Waals surface area (Å²) in [6.07, 6.45) is 2.34. The quantitative estimate of drug-likeness (QED) is 0.801. The monoisotopic (exact) mass is 281 g/mol. The molecule has 0 amide bonds. The predicted molar refractivity (Wildman–Crippen MR) is 83.5 cm³/mol. The molecular formula is C18H19NO2. The average Bonchev–Trinajstić information content (AvgIpc) is 3.04. The van der Waals surface area contributed by atoms with Crippen LogP contribution in [0.25, 0.3) is 0 Å². The van der Waals surface area contributed by atoms with Crippen LogP contribution in [0.15, 0.2) is 54.6 Å². The van der Waals surface area contributed by atoms with Crippen molar-refractivity contribution in [2.45, 2.75) is 18.9 Å². The molecule has 1 saturated heterocycles. The SMILES string of the molecule is COC(=O)c1ccc(C2CCCN2c2ccccc2)cc1. The van der Waals surface area contributed by atoms with Gasteiger partial charge in [-0.3, -0.25) is 0 Å². The molecule has 1 fully saturated rings. The second-order valence-corrected chi connectivity index (χ2v) is 5.30. The number of carbonyl (C=O) groups is 1. The second-order valence-electron chi connectivity index (χ2n) is 5.30. The van der Waals surface area contributed by atoms with Crippen LogP contribution in [-0.4, -0.2) is 19.6 Å². The van der Waals surface area contributed by atoms with Gasteiger partial charge in [0.25, 0.3) is 0 Å². The summed E-state index contributed by atoms with van der Waals surface area (Å²) in [5, 5.41) is 0. The van der Waals surface area contributed by atoms with E-state index in [1.807, 2.05) is 30.3 Å². The normalized spacial score (nSPS) is 17.8. The van der Waals surface area contributed by atoms with Gasteiger partial charge >= 0.3 is 5.97 Å². The van der Waals surface area contributed by atoms with Crippen molar-refractivity contribution in [3.8, 4) is 0 Å². The fraction of sp³-hybridized carbons (Fsp3) is 0.278. The fourth-order valence-corrected chi connectivity index (χ4v) is 3.00. The number of anilines is 1. The lowest BCUT2D eigenvalue weighted by Gasteiger charge is -2.27. The zero-order chi connectivity index (χ0) is 14.7. The molecule has 2 aromatic rings. The molecule has 1 heterocycles. The van der Waals surface area contributed by atoms with Crippen LogP contribution in [0.3, 0.4) is 0 Å². The summed E-state index contributed by atoms with van der Waals surface area (Å²) >= 11 is 0. The second kappa shape index (κ2) is 6.00. The van der Waals surface area contributed by atoms with Crippen LogP contribution in [0, 0.1) is 0 Å². The lowest BCUT2D eigenvalue weighted by atomic mass is 10.0. The van der Waals surface area contributed by atoms with E-state index in [1.54, 1.807) is 0 Å². The van der Waals surface area contributed by atoms with Crippen molar-refractivity contribution >= 4 is 11.7 Å². The first kappa shape index (κ1) is 13.7. The Labute approximate surface area is 125 Å². The minimum Gasteiger partial charge on any atom is -0.465 e. The lowest BCUT2D eigenvalue weighted by molar-refractivity contribution is 0.0600. The van der Waals surface area contributed by atoms with Crippen molar-refractivity contribution in [3.63, 3.8) is 0 Å². The number of hydrogen-bond acceptors (Lipinski definition) is 3. The van der Waals surface area contributed by atoms with Gasteiger partial charge in [-0.15, -0.1) is 0 Å². The summed E-state index contributed by atoms with van der Waals surface area (Å²) in [6, 6.07) is 18.7. The Balaban J connectivity index is 1.84. The highest BCUT2D eigenvalue weighted by molar-refractivity contribution is 5.89. The maximum atomic E-state index is 11.5. The maximum Gasteiger partial charge on any atom is 0.337 e. The Hall–Kier alpha value is -2.29. The molecule has 1 aliphatic heterocycles. The van der Waals surface area contributed by atoms with Crippen molar-refractivity contribution in [3.05, 3.63) is 65.7 Å². The highest BCUT2D eigenvalue weighted by Crippen LogP contribution is 2.35. The maximum absolute atomic E-state index is 11.5. The van der Waals surface area contributed by atoms with Crippen LogP contribution in [0.1, 0.15) is 34.8 Å². The van der Waals surface area contributed by atoms with Gasteiger partial charge in [-0.05, 0) is 42.7 Å². The van der Waals surface area contributed by atoms with Crippen LogP contribution in [0.2, 0.25) is 0 Å². The van der Waals surface area contributed by atoms with Crippen LogP contribution < -0.4 is 4.90 Å². The number of esters is 1. The van der Waals surface area contributed by atoms with E-state index >= 15 is 0 Å². The first-order valence-corrected chi connectivity index (χ1v) is 7.29. The van der Waals surface area contributed by atoms with Crippen LogP contribution in [-0.2, 0) is 4.74 Å². The molecule has 0 radical (unpaired) electrons. The van der Waals surface area contributed by atoms with E-state index in [0.29, 0.717) is 11.6 Å². The average molecular weight is 281 g/mol. The molecular weight excluding hydrogens is 262 g/mol. The largest absolute Gasteiger partial charge is 0.465 e. The summed E-state index contributed by atoms with van der Waals surface area (Å²) in [5.74, 6) is -0.284. The number of methoxy groups -OCH3 is 1. The number of benzene rings is 2. The molecule has 108 valence electrons. The van der Waals surface area contributed by atoms with Crippen molar-refractivity contribution in [1.29, 1.82) is 0 Å². The van der Waals surface area contributed by atoms with Gasteiger partial charge < -0.3 is 9.64 Å². The minimum atomic E-state index is -0.284. The number of carbonyl (C=O) groups excluding carboxylic acids is 1. The van der Waals surface area contributed by atoms with Gasteiger partial charge in [0.2, 0.25) is 0 Å². The molecule has 3 heteroatoms. The van der Waals surface area contributed by atoms with Crippen molar-refractivity contribution in [2.24, 2.45) is 0 Å². The molecule has 0 aliphatic carbocycles. The molecule has 3 rings (SSSR count). The van der Waals surface area contributed by atoms with E-state index in [2.05, 4.69) is 29.2 Å². The molecule has 0 spiro atoms. The van der Waals surface area contributed by atoms with E-state index in [4.69, 9.17) is 4.74 Å². The van der Waals surface area contributed by atoms with E-state index in [-0.39, 0.29) is 5.97 Å². The summed E-state index contributed by atoms with van der Waals surface area (Å²) in [5.41, 5.74) is 3.12. The van der Waals surface area contributed by atoms with Crippen LogP contribution in [0.4, 0.5) is 5.69 Å². The Kier molecular flexibility index (Phi) is 3.91. The van der Waals surface area contributed by atoms with Gasteiger partial charge in [-0.25, -0.2) is 4.79 Å².